The van der Waals surface area contributed by atoms with Crippen molar-refractivity contribution < 1.29 is 14.1 Å². The normalized spacial score (nSPS) is 14.1. The zero-order valence-corrected chi connectivity index (χ0v) is 12.0. The fraction of sp³-hybridized carbons (Fsp3) is 0.375. The van der Waals surface area contributed by atoms with Crippen LogP contribution in [0.5, 0.6) is 5.75 Å². The summed E-state index contributed by atoms with van der Waals surface area (Å²) in [6, 6.07) is 7.26. The molecule has 0 fully saturated rings. The van der Waals surface area contributed by atoms with Crippen LogP contribution in [0.2, 0.25) is 0 Å². The fourth-order valence-corrected chi connectivity index (χ4v) is 2.63. The molecule has 1 heterocycles. The van der Waals surface area contributed by atoms with Gasteiger partial charge >= 0.3 is 0 Å². The number of rotatable bonds is 3. The molecule has 1 aliphatic rings. The predicted octanol–water partition coefficient (Wildman–Crippen LogP) is 3.20. The van der Waals surface area contributed by atoms with Crippen LogP contribution in [-0.2, 0) is 12.8 Å². The minimum atomic E-state index is -0.227. The molecule has 1 aromatic carbocycles. The first-order valence-corrected chi connectivity index (χ1v) is 7.21. The van der Waals surface area contributed by atoms with Crippen molar-refractivity contribution in [3.8, 4) is 5.75 Å². The Kier molecular flexibility index (Phi) is 3.90. The van der Waals surface area contributed by atoms with Crippen molar-refractivity contribution in [3.63, 3.8) is 0 Å². The SMILES string of the molecule is COc1cccc(NC(=O)c2noc3c2CCCCC3)c1. The van der Waals surface area contributed by atoms with E-state index in [1.807, 2.05) is 18.2 Å². The second kappa shape index (κ2) is 5.99. The van der Waals surface area contributed by atoms with Gasteiger partial charge in [0, 0.05) is 23.7 Å². The smallest absolute Gasteiger partial charge is 0.278 e. The monoisotopic (exact) mass is 286 g/mol. The number of nitrogens with one attached hydrogen (secondary N) is 1. The molecule has 0 saturated heterocycles. The second-order valence-corrected chi connectivity index (χ2v) is 5.18. The molecule has 3 rings (SSSR count). The average molecular weight is 286 g/mol. The minimum absolute atomic E-state index is 0.227. The van der Waals surface area contributed by atoms with Crippen LogP contribution in [0.4, 0.5) is 5.69 Å². The molecule has 0 unspecified atom stereocenters. The molecule has 21 heavy (non-hydrogen) atoms. The zero-order valence-electron chi connectivity index (χ0n) is 12.0. The highest BCUT2D eigenvalue weighted by atomic mass is 16.5. The molecule has 5 heteroatoms. The van der Waals surface area contributed by atoms with Gasteiger partial charge in [-0.25, -0.2) is 0 Å². The molecule has 0 radical (unpaired) electrons. The molecule has 0 saturated carbocycles. The number of aryl methyl sites for hydroxylation is 1. The number of amides is 1. The Hall–Kier alpha value is -2.30. The Labute approximate surface area is 123 Å². The Morgan fingerprint density at radius 1 is 1.29 bits per heavy atom. The number of carbonyl (C=O) groups excluding carboxylic acids is 1. The van der Waals surface area contributed by atoms with Gasteiger partial charge in [0.2, 0.25) is 0 Å². The third kappa shape index (κ3) is 2.91. The van der Waals surface area contributed by atoms with Crippen LogP contribution < -0.4 is 10.1 Å². The molecular formula is C16H18N2O3. The summed E-state index contributed by atoms with van der Waals surface area (Å²) in [6.07, 6.45) is 5.07. The Bertz CT molecular complexity index is 649. The van der Waals surface area contributed by atoms with E-state index in [4.69, 9.17) is 9.26 Å². The molecule has 2 aromatic rings. The number of nitrogens with zero attached hydrogens (tertiary/aromatic N) is 1. The Morgan fingerprint density at radius 2 is 2.14 bits per heavy atom. The lowest BCUT2D eigenvalue weighted by Gasteiger charge is -2.06. The van der Waals surface area contributed by atoms with E-state index in [-0.39, 0.29) is 5.91 Å². The summed E-state index contributed by atoms with van der Waals surface area (Å²) in [6.45, 7) is 0. The van der Waals surface area contributed by atoms with Gasteiger partial charge in [-0.2, -0.15) is 0 Å². The lowest BCUT2D eigenvalue weighted by Crippen LogP contribution is -2.14. The van der Waals surface area contributed by atoms with Crippen molar-refractivity contribution in [2.24, 2.45) is 0 Å². The van der Waals surface area contributed by atoms with Gasteiger partial charge in [0.1, 0.15) is 11.5 Å². The van der Waals surface area contributed by atoms with Crippen LogP contribution in [0.3, 0.4) is 0 Å². The number of fused-ring (bicyclic) bond motifs is 1. The summed E-state index contributed by atoms with van der Waals surface area (Å²) < 4.78 is 10.5. The molecule has 5 nitrogen and oxygen atoms in total. The lowest BCUT2D eigenvalue weighted by atomic mass is 10.1. The van der Waals surface area contributed by atoms with Gasteiger partial charge < -0.3 is 14.6 Å². The summed E-state index contributed by atoms with van der Waals surface area (Å²) in [5, 5.41) is 6.81. The number of carbonyl (C=O) groups is 1. The van der Waals surface area contributed by atoms with E-state index >= 15 is 0 Å². The first-order valence-electron chi connectivity index (χ1n) is 7.21. The van der Waals surface area contributed by atoms with Crippen LogP contribution in [0.1, 0.15) is 41.1 Å². The highest BCUT2D eigenvalue weighted by Gasteiger charge is 2.23. The Balaban J connectivity index is 1.80. The van der Waals surface area contributed by atoms with Gasteiger partial charge in [0.25, 0.3) is 5.91 Å². The highest BCUT2D eigenvalue weighted by molar-refractivity contribution is 6.04. The largest absolute Gasteiger partial charge is 0.497 e. The first-order chi connectivity index (χ1) is 10.3. The summed E-state index contributed by atoms with van der Waals surface area (Å²) >= 11 is 0. The molecule has 110 valence electrons. The molecule has 1 N–H and O–H groups in total. The minimum Gasteiger partial charge on any atom is -0.497 e. The molecule has 0 aliphatic heterocycles. The third-order valence-electron chi connectivity index (χ3n) is 3.74. The van der Waals surface area contributed by atoms with Gasteiger partial charge in [0.05, 0.1) is 7.11 Å². The van der Waals surface area contributed by atoms with Gasteiger partial charge in [0.15, 0.2) is 5.69 Å². The van der Waals surface area contributed by atoms with E-state index in [9.17, 15) is 4.79 Å². The van der Waals surface area contributed by atoms with Crippen molar-refractivity contribution in [2.75, 3.05) is 12.4 Å². The maximum atomic E-state index is 12.4. The van der Waals surface area contributed by atoms with Crippen LogP contribution in [0.15, 0.2) is 28.8 Å². The highest BCUT2D eigenvalue weighted by Crippen LogP contribution is 2.24. The van der Waals surface area contributed by atoms with Crippen LogP contribution in [0.25, 0.3) is 0 Å². The van der Waals surface area contributed by atoms with Gasteiger partial charge in [-0.05, 0) is 31.4 Å². The number of hydrogen-bond acceptors (Lipinski definition) is 4. The maximum Gasteiger partial charge on any atom is 0.278 e. The Morgan fingerprint density at radius 3 is 3.00 bits per heavy atom. The van der Waals surface area contributed by atoms with E-state index in [0.717, 1.165) is 37.0 Å². The van der Waals surface area contributed by atoms with E-state index in [0.29, 0.717) is 17.1 Å². The summed E-state index contributed by atoms with van der Waals surface area (Å²) in [4.78, 5) is 12.4. The number of hydrogen-bond donors (Lipinski definition) is 1. The van der Waals surface area contributed by atoms with E-state index in [2.05, 4.69) is 10.5 Å². The average Bonchev–Trinajstić information content (AvgIpc) is 2.76. The van der Waals surface area contributed by atoms with Gasteiger partial charge in [-0.1, -0.05) is 17.6 Å². The molecule has 1 aromatic heterocycles. The van der Waals surface area contributed by atoms with Crippen molar-refractivity contribution in [2.45, 2.75) is 32.1 Å². The number of ether oxygens (including phenoxy) is 1. The summed E-state index contributed by atoms with van der Waals surface area (Å²) in [5.41, 5.74) is 2.06. The van der Waals surface area contributed by atoms with Crippen molar-refractivity contribution >= 4 is 11.6 Å². The molecular weight excluding hydrogens is 268 g/mol. The zero-order chi connectivity index (χ0) is 14.7. The van der Waals surface area contributed by atoms with E-state index in [1.165, 1.54) is 6.42 Å². The number of methoxy groups -OCH3 is 1. The predicted molar refractivity (Wildman–Crippen MR) is 78.7 cm³/mol. The van der Waals surface area contributed by atoms with Crippen LogP contribution in [0, 0.1) is 0 Å². The lowest BCUT2D eigenvalue weighted by molar-refractivity contribution is 0.101. The number of benzene rings is 1. The summed E-state index contributed by atoms with van der Waals surface area (Å²) in [7, 11) is 1.60. The maximum absolute atomic E-state index is 12.4. The molecule has 1 aliphatic carbocycles. The topological polar surface area (TPSA) is 64.4 Å². The number of anilines is 1. The molecule has 0 spiro atoms. The van der Waals surface area contributed by atoms with E-state index in [1.54, 1.807) is 13.2 Å². The number of aromatic nitrogens is 1. The van der Waals surface area contributed by atoms with Gasteiger partial charge in [-0.15, -0.1) is 0 Å². The molecule has 0 atom stereocenters. The molecule has 0 bridgehead atoms. The quantitative estimate of drug-likeness (QED) is 0.880. The standard InChI is InChI=1S/C16H18N2O3/c1-20-12-7-5-6-11(10-12)17-16(19)15-13-8-3-2-4-9-14(13)21-18-15/h5-7,10H,2-4,8-9H2,1H3,(H,17,19). The van der Waals surface area contributed by atoms with Crippen molar-refractivity contribution in [3.05, 3.63) is 41.3 Å². The third-order valence-corrected chi connectivity index (χ3v) is 3.74. The summed E-state index contributed by atoms with van der Waals surface area (Å²) in [5.74, 6) is 1.34. The van der Waals surface area contributed by atoms with E-state index < -0.39 is 0 Å². The van der Waals surface area contributed by atoms with Gasteiger partial charge in [-0.3, -0.25) is 4.79 Å². The fourth-order valence-electron chi connectivity index (χ4n) is 2.63. The van der Waals surface area contributed by atoms with Crippen LogP contribution >= 0.6 is 0 Å². The second-order valence-electron chi connectivity index (χ2n) is 5.18. The first kappa shape index (κ1) is 13.7. The molecule has 1 amide bonds. The van der Waals surface area contributed by atoms with Crippen molar-refractivity contribution in [1.29, 1.82) is 0 Å². The van der Waals surface area contributed by atoms with Crippen molar-refractivity contribution in [1.82, 2.24) is 5.16 Å². The van der Waals surface area contributed by atoms with Crippen LogP contribution in [-0.4, -0.2) is 18.2 Å².